The molecule has 0 saturated carbocycles. The number of imidazole rings is 1. The van der Waals surface area contributed by atoms with Crippen molar-refractivity contribution in [2.24, 2.45) is 7.05 Å². The van der Waals surface area contributed by atoms with Crippen LogP contribution in [-0.4, -0.2) is 36.2 Å². The first-order valence-corrected chi connectivity index (χ1v) is 7.99. The Kier molecular flexibility index (Phi) is 4.71. The first kappa shape index (κ1) is 17.6. The molecule has 0 spiro atoms. The van der Waals surface area contributed by atoms with Gasteiger partial charge in [0.2, 0.25) is 5.75 Å². The maximum atomic E-state index is 12.8. The Hall–Kier alpha value is -3.22. The summed E-state index contributed by atoms with van der Waals surface area (Å²) in [4.78, 5) is 25.3. The molecule has 0 aliphatic carbocycles. The highest BCUT2D eigenvalue weighted by molar-refractivity contribution is 5.98. The van der Waals surface area contributed by atoms with Gasteiger partial charge in [0.1, 0.15) is 0 Å². The molecule has 0 unspecified atom stereocenters. The fraction of sp³-hybridized carbons (Fsp3) is 0.263. The minimum atomic E-state index is -0.244. The summed E-state index contributed by atoms with van der Waals surface area (Å²) in [6.45, 7) is -0.0845. The van der Waals surface area contributed by atoms with E-state index in [1.165, 1.54) is 30.5 Å². The molecule has 1 heterocycles. The standard InChI is InChI=1S/C19H20N2O5/c1-20-13-7-5-6-8-14(13)21(19(20)23)11-15(22)12-9-16(24-2)18(26-4)17(10-12)25-3/h5-10H,11H2,1-4H3. The van der Waals surface area contributed by atoms with E-state index in [2.05, 4.69) is 0 Å². The zero-order valence-corrected chi connectivity index (χ0v) is 15.1. The molecule has 0 aliphatic rings. The zero-order valence-electron chi connectivity index (χ0n) is 15.1. The number of aromatic nitrogens is 2. The molecule has 3 rings (SSSR count). The van der Waals surface area contributed by atoms with E-state index in [4.69, 9.17) is 14.2 Å². The van der Waals surface area contributed by atoms with Gasteiger partial charge in [-0.3, -0.25) is 13.9 Å². The lowest BCUT2D eigenvalue weighted by Crippen LogP contribution is -2.25. The van der Waals surface area contributed by atoms with Crippen LogP contribution < -0.4 is 19.9 Å². The number of ketones is 1. The number of carbonyl (C=O) groups excluding carboxylic acids is 1. The van der Waals surface area contributed by atoms with Crippen LogP contribution in [0.4, 0.5) is 0 Å². The first-order chi connectivity index (χ1) is 12.5. The van der Waals surface area contributed by atoms with Crippen LogP contribution in [-0.2, 0) is 13.6 Å². The van der Waals surface area contributed by atoms with E-state index in [0.717, 1.165) is 5.52 Å². The second-order valence-electron chi connectivity index (χ2n) is 5.75. The highest BCUT2D eigenvalue weighted by Gasteiger charge is 2.19. The highest BCUT2D eigenvalue weighted by Crippen LogP contribution is 2.38. The Balaban J connectivity index is 2.04. The van der Waals surface area contributed by atoms with Gasteiger partial charge in [0, 0.05) is 12.6 Å². The molecule has 3 aromatic rings. The largest absolute Gasteiger partial charge is 0.493 e. The summed E-state index contributed by atoms with van der Waals surface area (Å²) >= 11 is 0. The van der Waals surface area contributed by atoms with E-state index in [-0.39, 0.29) is 18.0 Å². The summed E-state index contributed by atoms with van der Waals surface area (Å²) in [5.41, 5.74) is 1.61. The number of hydrogen-bond donors (Lipinski definition) is 0. The number of fused-ring (bicyclic) bond motifs is 1. The van der Waals surface area contributed by atoms with Crippen LogP contribution in [0, 0.1) is 0 Å². The third-order valence-corrected chi connectivity index (χ3v) is 4.34. The third-order valence-electron chi connectivity index (χ3n) is 4.34. The Bertz CT molecular complexity index is 1010. The summed E-state index contributed by atoms with van der Waals surface area (Å²) in [6.07, 6.45) is 0. The molecule has 2 aromatic carbocycles. The number of rotatable bonds is 6. The van der Waals surface area contributed by atoms with Crippen LogP contribution in [0.3, 0.4) is 0 Å². The van der Waals surface area contributed by atoms with Gasteiger partial charge in [-0.15, -0.1) is 0 Å². The van der Waals surface area contributed by atoms with E-state index < -0.39 is 0 Å². The van der Waals surface area contributed by atoms with E-state index in [1.807, 2.05) is 24.3 Å². The average Bonchev–Trinajstić information content (AvgIpc) is 2.91. The van der Waals surface area contributed by atoms with E-state index in [1.54, 1.807) is 19.2 Å². The van der Waals surface area contributed by atoms with Crippen molar-refractivity contribution in [1.29, 1.82) is 0 Å². The van der Waals surface area contributed by atoms with E-state index >= 15 is 0 Å². The zero-order chi connectivity index (χ0) is 18.8. The van der Waals surface area contributed by atoms with Crippen molar-refractivity contribution in [3.63, 3.8) is 0 Å². The summed E-state index contributed by atoms with van der Waals surface area (Å²) in [7, 11) is 6.16. The van der Waals surface area contributed by atoms with Gasteiger partial charge in [-0.1, -0.05) is 12.1 Å². The molecule has 0 saturated heterocycles. The fourth-order valence-corrected chi connectivity index (χ4v) is 2.99. The molecular weight excluding hydrogens is 336 g/mol. The molecule has 7 heteroatoms. The van der Waals surface area contributed by atoms with Crippen LogP contribution in [0.1, 0.15) is 10.4 Å². The molecule has 0 aliphatic heterocycles. The molecular formula is C19H20N2O5. The topological polar surface area (TPSA) is 71.7 Å². The van der Waals surface area contributed by atoms with Crippen molar-refractivity contribution in [2.45, 2.75) is 6.54 Å². The number of hydrogen-bond acceptors (Lipinski definition) is 5. The molecule has 7 nitrogen and oxygen atoms in total. The maximum absolute atomic E-state index is 12.8. The second kappa shape index (κ2) is 6.95. The lowest BCUT2D eigenvalue weighted by atomic mass is 10.1. The monoisotopic (exact) mass is 356 g/mol. The Labute approximate surface area is 150 Å². The lowest BCUT2D eigenvalue weighted by molar-refractivity contribution is 0.0971. The summed E-state index contributed by atoms with van der Waals surface area (Å²) < 4.78 is 18.8. The predicted octanol–water partition coefficient (Wildman–Crippen LogP) is 2.25. The number of Topliss-reactive ketones (excluding diaryl/α,β-unsaturated/α-hetero) is 1. The van der Waals surface area contributed by atoms with Gasteiger partial charge >= 0.3 is 5.69 Å². The highest BCUT2D eigenvalue weighted by atomic mass is 16.5. The number of aryl methyl sites for hydroxylation is 1. The van der Waals surface area contributed by atoms with Gasteiger partial charge < -0.3 is 14.2 Å². The number of carbonyl (C=O) groups is 1. The Morgan fingerprint density at radius 1 is 0.962 bits per heavy atom. The molecule has 0 N–H and O–H groups in total. The first-order valence-electron chi connectivity index (χ1n) is 7.99. The van der Waals surface area contributed by atoms with Crippen molar-refractivity contribution in [3.05, 3.63) is 52.4 Å². The van der Waals surface area contributed by atoms with Crippen molar-refractivity contribution < 1.29 is 19.0 Å². The maximum Gasteiger partial charge on any atom is 0.329 e. The Morgan fingerprint density at radius 3 is 2.08 bits per heavy atom. The molecule has 0 radical (unpaired) electrons. The lowest BCUT2D eigenvalue weighted by Gasteiger charge is -2.13. The van der Waals surface area contributed by atoms with Gasteiger partial charge in [0.15, 0.2) is 17.3 Å². The number of ether oxygens (including phenoxy) is 3. The minimum absolute atomic E-state index is 0.0845. The van der Waals surface area contributed by atoms with Crippen molar-refractivity contribution in [3.8, 4) is 17.2 Å². The number of nitrogens with zero attached hydrogens (tertiary/aromatic N) is 2. The normalized spacial score (nSPS) is 10.8. The number of para-hydroxylation sites is 2. The number of methoxy groups -OCH3 is 3. The SMILES string of the molecule is COc1cc(C(=O)Cn2c(=O)n(C)c3ccccc32)cc(OC)c1OC. The van der Waals surface area contributed by atoms with Gasteiger partial charge in [0.05, 0.1) is 38.9 Å². The van der Waals surface area contributed by atoms with E-state index in [9.17, 15) is 9.59 Å². The van der Waals surface area contributed by atoms with Crippen LogP contribution in [0.25, 0.3) is 11.0 Å². The van der Waals surface area contributed by atoms with Gasteiger partial charge in [0.25, 0.3) is 0 Å². The van der Waals surface area contributed by atoms with Crippen LogP contribution in [0.2, 0.25) is 0 Å². The molecule has 136 valence electrons. The van der Waals surface area contributed by atoms with E-state index in [0.29, 0.717) is 28.3 Å². The minimum Gasteiger partial charge on any atom is -0.493 e. The van der Waals surface area contributed by atoms with Crippen molar-refractivity contribution >= 4 is 16.8 Å². The van der Waals surface area contributed by atoms with Crippen molar-refractivity contribution in [2.75, 3.05) is 21.3 Å². The molecule has 26 heavy (non-hydrogen) atoms. The smallest absolute Gasteiger partial charge is 0.329 e. The summed E-state index contributed by atoms with van der Waals surface area (Å²) in [5, 5.41) is 0. The molecule has 0 bridgehead atoms. The number of benzene rings is 2. The third kappa shape index (κ3) is 2.81. The Morgan fingerprint density at radius 2 is 1.54 bits per heavy atom. The van der Waals surface area contributed by atoms with Gasteiger partial charge in [-0.25, -0.2) is 4.79 Å². The predicted molar refractivity (Wildman–Crippen MR) is 97.6 cm³/mol. The van der Waals surface area contributed by atoms with Gasteiger partial charge in [-0.2, -0.15) is 0 Å². The molecule has 1 aromatic heterocycles. The van der Waals surface area contributed by atoms with Crippen LogP contribution in [0.15, 0.2) is 41.2 Å². The fourth-order valence-electron chi connectivity index (χ4n) is 2.99. The van der Waals surface area contributed by atoms with Crippen LogP contribution in [0.5, 0.6) is 17.2 Å². The molecule has 0 amide bonds. The van der Waals surface area contributed by atoms with Crippen molar-refractivity contribution in [1.82, 2.24) is 9.13 Å². The van der Waals surface area contributed by atoms with Crippen LogP contribution >= 0.6 is 0 Å². The quantitative estimate of drug-likeness (QED) is 0.634. The summed E-state index contributed by atoms with van der Waals surface area (Å²) in [6, 6.07) is 10.5. The molecule has 0 atom stereocenters. The molecule has 0 fully saturated rings. The summed E-state index contributed by atoms with van der Waals surface area (Å²) in [5.74, 6) is 0.956. The second-order valence-corrected chi connectivity index (χ2v) is 5.75. The average molecular weight is 356 g/mol. The van der Waals surface area contributed by atoms with Gasteiger partial charge in [-0.05, 0) is 24.3 Å².